The molecule has 0 saturated heterocycles. The second-order valence-electron chi connectivity index (χ2n) is 31.2. The lowest BCUT2D eigenvalue weighted by molar-refractivity contribution is -0.161. The Labute approximate surface area is 632 Å². The first-order chi connectivity index (χ1) is 49.9. The van der Waals surface area contributed by atoms with Crippen LogP contribution in [-0.2, 0) is 65.4 Å². The van der Waals surface area contributed by atoms with Crippen LogP contribution in [0.2, 0.25) is 0 Å². The van der Waals surface area contributed by atoms with Crippen LogP contribution in [0.3, 0.4) is 0 Å². The molecule has 5 atom stereocenters. The first-order valence-corrected chi connectivity index (χ1v) is 46.5. The lowest BCUT2D eigenvalue weighted by Gasteiger charge is -2.21. The summed E-state index contributed by atoms with van der Waals surface area (Å²) in [5, 5.41) is 10.7. The molecular weight excluding hydrogens is 1340 g/mol. The number of ether oxygens (including phenoxy) is 4. The molecule has 0 aliphatic heterocycles. The number of aliphatic hydroxyl groups is 1. The van der Waals surface area contributed by atoms with Crippen molar-refractivity contribution in [2.75, 3.05) is 39.6 Å². The van der Waals surface area contributed by atoms with E-state index in [0.29, 0.717) is 25.7 Å². The maximum Gasteiger partial charge on any atom is 0.472 e. The zero-order chi connectivity index (χ0) is 75.6. The Balaban J connectivity index is 5.25. The summed E-state index contributed by atoms with van der Waals surface area (Å²) in [6.45, 7) is 9.67. The van der Waals surface area contributed by atoms with E-state index in [9.17, 15) is 43.2 Å². The lowest BCUT2D eigenvalue weighted by Crippen LogP contribution is -2.30. The number of hydrogen-bond donors (Lipinski definition) is 3. The van der Waals surface area contributed by atoms with Crippen LogP contribution >= 0.6 is 15.6 Å². The first kappa shape index (κ1) is 101. The average Bonchev–Trinajstić information content (AvgIpc) is 0.928. The van der Waals surface area contributed by atoms with Gasteiger partial charge in [0.2, 0.25) is 0 Å². The van der Waals surface area contributed by atoms with E-state index in [4.69, 9.17) is 37.0 Å². The molecule has 3 N–H and O–H groups in total. The molecule has 0 aliphatic carbocycles. The highest BCUT2D eigenvalue weighted by Gasteiger charge is 2.30. The predicted molar refractivity (Wildman–Crippen MR) is 423 cm³/mol. The summed E-state index contributed by atoms with van der Waals surface area (Å²) in [6, 6.07) is 0. The fourth-order valence-corrected chi connectivity index (χ4v) is 14.6. The van der Waals surface area contributed by atoms with Gasteiger partial charge in [-0.15, -0.1) is 0 Å². The maximum absolute atomic E-state index is 13.1. The molecule has 0 radical (unpaired) electrons. The van der Waals surface area contributed by atoms with Gasteiger partial charge in [0.25, 0.3) is 0 Å². The van der Waals surface area contributed by atoms with Crippen LogP contribution < -0.4 is 0 Å². The third-order valence-corrected chi connectivity index (χ3v) is 21.6. The fraction of sp³-hybridized carbons (Fsp3) is 0.952. The number of unbranched alkanes of at least 4 members (excludes halogenated alkanes) is 53. The molecule has 0 heterocycles. The smallest absolute Gasteiger partial charge is 0.462 e. The van der Waals surface area contributed by atoms with E-state index in [0.717, 1.165) is 102 Å². The normalized spacial score (nSPS) is 13.9. The molecule has 17 nitrogen and oxygen atoms in total. The summed E-state index contributed by atoms with van der Waals surface area (Å²) < 4.78 is 68.9. The molecule has 0 amide bonds. The number of carbonyl (C=O) groups is 4. The third-order valence-electron chi connectivity index (χ3n) is 19.7. The van der Waals surface area contributed by atoms with E-state index in [-0.39, 0.29) is 25.7 Å². The van der Waals surface area contributed by atoms with E-state index in [1.54, 1.807) is 0 Å². The SMILES string of the molecule is CCCCCCCCCCCCCCCCCCCCCCC(=O)O[C@H](COC(=O)CCCCCCCCCCCCCCCCC(C)C)COP(=O)(O)OC[C@@H](O)COP(=O)(O)OC[C@@H](COC(=O)CCCCCCCCCCCCCCC)OC(=O)CCCCCCCCCCCCC(C)C. The Kier molecular flexibility index (Phi) is 74.1. The Hall–Kier alpha value is -1.94. The molecule has 0 aromatic rings. The van der Waals surface area contributed by atoms with Gasteiger partial charge < -0.3 is 33.8 Å². The van der Waals surface area contributed by atoms with Crippen LogP contribution in [0.1, 0.15) is 446 Å². The second kappa shape index (κ2) is 75.5. The van der Waals surface area contributed by atoms with Gasteiger partial charge in [-0.2, -0.15) is 0 Å². The number of esters is 4. The summed E-state index contributed by atoms with van der Waals surface area (Å²) in [4.78, 5) is 73.2. The predicted octanol–water partition coefficient (Wildman–Crippen LogP) is 25.5. The van der Waals surface area contributed by atoms with E-state index in [1.165, 1.54) is 263 Å². The van der Waals surface area contributed by atoms with Gasteiger partial charge in [-0.05, 0) is 37.5 Å². The van der Waals surface area contributed by atoms with Crippen LogP contribution in [0.15, 0.2) is 0 Å². The van der Waals surface area contributed by atoms with Crippen molar-refractivity contribution >= 4 is 39.5 Å². The Morgan fingerprint density at radius 2 is 0.447 bits per heavy atom. The Morgan fingerprint density at radius 3 is 0.660 bits per heavy atom. The van der Waals surface area contributed by atoms with Crippen molar-refractivity contribution in [2.24, 2.45) is 11.8 Å². The summed E-state index contributed by atoms with van der Waals surface area (Å²) in [7, 11) is -9.93. The molecule has 2 unspecified atom stereocenters. The van der Waals surface area contributed by atoms with Crippen LogP contribution in [-0.4, -0.2) is 96.7 Å². The van der Waals surface area contributed by atoms with Crippen LogP contribution in [0.25, 0.3) is 0 Å². The van der Waals surface area contributed by atoms with E-state index < -0.39 is 97.5 Å². The molecule has 19 heteroatoms. The first-order valence-electron chi connectivity index (χ1n) is 43.5. The van der Waals surface area contributed by atoms with Crippen LogP contribution in [0.4, 0.5) is 0 Å². The highest BCUT2D eigenvalue weighted by atomic mass is 31.2. The largest absolute Gasteiger partial charge is 0.472 e. The van der Waals surface area contributed by atoms with Crippen molar-refractivity contribution in [1.82, 2.24) is 0 Å². The van der Waals surface area contributed by atoms with E-state index >= 15 is 0 Å². The highest BCUT2D eigenvalue weighted by molar-refractivity contribution is 7.47. The molecule has 0 aliphatic rings. The number of hydrogen-bond acceptors (Lipinski definition) is 15. The van der Waals surface area contributed by atoms with Gasteiger partial charge in [0.15, 0.2) is 12.2 Å². The van der Waals surface area contributed by atoms with Gasteiger partial charge in [-0.3, -0.25) is 37.3 Å². The minimum Gasteiger partial charge on any atom is -0.462 e. The van der Waals surface area contributed by atoms with Crippen molar-refractivity contribution < 1.29 is 80.2 Å². The average molecular weight is 1510 g/mol. The molecule has 0 spiro atoms. The minimum atomic E-state index is -4.96. The maximum atomic E-state index is 13.1. The van der Waals surface area contributed by atoms with Crippen molar-refractivity contribution in [2.45, 2.75) is 464 Å². The molecule has 103 heavy (non-hydrogen) atoms. The van der Waals surface area contributed by atoms with Gasteiger partial charge >= 0.3 is 39.5 Å². The number of aliphatic hydroxyl groups excluding tert-OH is 1. The third kappa shape index (κ3) is 78.0. The summed E-state index contributed by atoms with van der Waals surface area (Å²) in [5.41, 5.74) is 0. The number of rotatable bonds is 83. The number of phosphoric ester groups is 2. The van der Waals surface area contributed by atoms with Gasteiger partial charge in [-0.1, -0.05) is 395 Å². The summed E-state index contributed by atoms with van der Waals surface area (Å²) in [5.74, 6) is -0.552. The van der Waals surface area contributed by atoms with Gasteiger partial charge in [0.05, 0.1) is 26.4 Å². The number of phosphoric acid groups is 2. The van der Waals surface area contributed by atoms with Crippen molar-refractivity contribution in [3.63, 3.8) is 0 Å². The summed E-state index contributed by atoms with van der Waals surface area (Å²) >= 11 is 0. The summed E-state index contributed by atoms with van der Waals surface area (Å²) in [6.07, 6.45) is 66.6. The monoisotopic (exact) mass is 1510 g/mol. The zero-order valence-electron chi connectivity index (χ0n) is 67.6. The Morgan fingerprint density at radius 1 is 0.262 bits per heavy atom. The van der Waals surface area contributed by atoms with Crippen molar-refractivity contribution in [1.29, 1.82) is 0 Å². The molecule has 0 fully saturated rings. The van der Waals surface area contributed by atoms with E-state index in [1.807, 2.05) is 0 Å². The minimum absolute atomic E-state index is 0.107. The quantitative estimate of drug-likeness (QED) is 0.0222. The van der Waals surface area contributed by atoms with E-state index in [2.05, 4.69) is 41.5 Å². The fourth-order valence-electron chi connectivity index (χ4n) is 13.1. The van der Waals surface area contributed by atoms with Gasteiger partial charge in [-0.25, -0.2) is 9.13 Å². The topological polar surface area (TPSA) is 237 Å². The number of carbonyl (C=O) groups excluding carboxylic acids is 4. The standard InChI is InChI=1S/C84H164O17P2/c1-7-9-11-13-15-17-19-21-22-23-24-25-26-27-33-37-44-50-56-62-68-83(88)100-79(72-95-82(87)67-61-55-49-43-36-32-29-28-31-34-40-46-52-58-64-76(3)4)74-98-102(90,91)96-70-78(85)71-97-103(92,93)99-75-80(101-84(89)69-63-57-51-45-39-38-41-47-53-59-65-77(5)6)73-94-81(86)66-60-54-48-42-35-30-20-18-16-14-12-10-8-2/h76-80,85H,7-75H2,1-6H3,(H,90,91)(H,92,93)/t78-,79-,80-/m1/s1. The molecule has 0 saturated carbocycles. The molecule has 0 rings (SSSR count). The van der Waals surface area contributed by atoms with Gasteiger partial charge in [0.1, 0.15) is 19.3 Å². The van der Waals surface area contributed by atoms with Crippen LogP contribution in [0, 0.1) is 11.8 Å². The molecule has 0 aromatic carbocycles. The van der Waals surface area contributed by atoms with Gasteiger partial charge in [0, 0.05) is 25.7 Å². The molecule has 612 valence electrons. The molecular formula is C84H164O17P2. The zero-order valence-corrected chi connectivity index (χ0v) is 69.4. The van der Waals surface area contributed by atoms with Crippen molar-refractivity contribution in [3.8, 4) is 0 Å². The lowest BCUT2D eigenvalue weighted by atomic mass is 10.0. The van der Waals surface area contributed by atoms with Crippen LogP contribution in [0.5, 0.6) is 0 Å². The molecule has 0 bridgehead atoms. The highest BCUT2D eigenvalue weighted by Crippen LogP contribution is 2.45. The Bertz CT molecular complexity index is 1980. The molecule has 0 aromatic heterocycles. The second-order valence-corrected chi connectivity index (χ2v) is 34.1. The van der Waals surface area contributed by atoms with Crippen molar-refractivity contribution in [3.05, 3.63) is 0 Å².